The quantitative estimate of drug-likeness (QED) is 0.358. The molecule has 2 N–H and O–H groups in total. The Kier molecular flexibility index (Phi) is 10.3. The minimum absolute atomic E-state index is 0. The predicted molar refractivity (Wildman–Crippen MR) is 19.5 cm³/mol. The van der Waals surface area contributed by atoms with Crippen LogP contribution in [0, 0.1) is 0 Å². The van der Waals surface area contributed by atoms with Gasteiger partial charge in [-0.1, -0.05) is 6.92 Å². The Hall–Kier alpha value is 1.11. The third kappa shape index (κ3) is 8.92. The van der Waals surface area contributed by atoms with Gasteiger partial charge in [0, 0.05) is 6.42 Å². The first kappa shape index (κ1) is 10.2. The topological polar surface area (TPSA) is 43.1 Å². The number of carbonyl (C=O) groups excluding carboxylic acids is 1. The van der Waals surface area contributed by atoms with E-state index in [1.807, 2.05) is 0 Å². The van der Waals surface area contributed by atoms with E-state index < -0.39 is 0 Å². The van der Waals surface area contributed by atoms with Crippen molar-refractivity contribution in [3.05, 3.63) is 0 Å². The molecule has 0 atom stereocenters. The fraction of sp³-hybridized carbons (Fsp3) is 0.667. The summed E-state index contributed by atoms with van der Waals surface area (Å²) in [6.07, 6.45) is 0.444. The van der Waals surface area contributed by atoms with Crippen molar-refractivity contribution in [1.82, 2.24) is 0 Å². The third-order valence-electron chi connectivity index (χ3n) is 0.348. The molecule has 0 saturated heterocycles. The Morgan fingerprint density at radius 2 is 2.00 bits per heavy atom. The third-order valence-corrected chi connectivity index (χ3v) is 0.348. The second kappa shape index (κ2) is 6.11. The zero-order valence-corrected chi connectivity index (χ0v) is 7.32. The molecule has 6 heavy (non-hydrogen) atoms. The van der Waals surface area contributed by atoms with Crippen molar-refractivity contribution < 1.29 is 56.2 Å². The van der Waals surface area contributed by atoms with Crippen LogP contribution in [0.3, 0.4) is 0 Å². The van der Waals surface area contributed by atoms with Crippen molar-refractivity contribution in [3.8, 4) is 0 Å². The van der Waals surface area contributed by atoms with Crippen LogP contribution in [-0.4, -0.2) is 5.91 Å². The minimum atomic E-state index is -0.245. The molecule has 0 spiro atoms. The summed E-state index contributed by atoms with van der Waals surface area (Å²) in [5, 5.41) is 0. The number of amides is 1. The maximum absolute atomic E-state index is 9.59. The average Bonchev–Trinajstić information content (AvgIpc) is 1.38. The number of rotatable bonds is 1. The van der Waals surface area contributed by atoms with Gasteiger partial charge in [-0.05, 0) is 0 Å². The Labute approximate surface area is 79.9 Å². The van der Waals surface area contributed by atoms with Gasteiger partial charge in [0.05, 0.1) is 0 Å². The molecule has 0 saturated carbocycles. The summed E-state index contributed by atoms with van der Waals surface area (Å²) in [6, 6.07) is 0. The maximum atomic E-state index is 9.59. The van der Waals surface area contributed by atoms with Gasteiger partial charge in [-0.3, -0.25) is 4.79 Å². The zero-order chi connectivity index (χ0) is 4.28. The van der Waals surface area contributed by atoms with Crippen LogP contribution in [0.5, 0.6) is 0 Å². The van der Waals surface area contributed by atoms with Crippen LogP contribution in [0.25, 0.3) is 0 Å². The molecule has 0 aliphatic carbocycles. The van der Waals surface area contributed by atoms with E-state index in [4.69, 9.17) is 0 Å². The van der Waals surface area contributed by atoms with Crippen LogP contribution < -0.4 is 57.1 Å². The molecule has 3 heteroatoms. The molecule has 0 radical (unpaired) electrons. The zero-order valence-electron chi connectivity index (χ0n) is 4.19. The van der Waals surface area contributed by atoms with Crippen molar-refractivity contribution in [1.29, 1.82) is 0 Å². The summed E-state index contributed by atoms with van der Waals surface area (Å²) in [4.78, 5) is 9.59. The largest absolute Gasteiger partial charge is 1.00 e. The van der Waals surface area contributed by atoms with Crippen molar-refractivity contribution in [2.45, 2.75) is 13.3 Å². The second-order valence-electron chi connectivity index (χ2n) is 0.820. The van der Waals surface area contributed by atoms with Crippen molar-refractivity contribution >= 4 is 5.91 Å². The Morgan fingerprint density at radius 1 is 1.83 bits per heavy atom. The van der Waals surface area contributed by atoms with Crippen LogP contribution in [0.15, 0.2) is 0 Å². The molecule has 30 valence electrons. The first-order chi connectivity index (χ1) is 2.27. The van der Waals surface area contributed by atoms with Crippen LogP contribution in [0.1, 0.15) is 13.3 Å². The van der Waals surface area contributed by atoms with E-state index in [1.54, 1.807) is 6.92 Å². The summed E-state index contributed by atoms with van der Waals surface area (Å²) in [6.45, 7) is 1.72. The number of hydrogen-bond acceptors (Lipinski definition) is 1. The first-order valence-corrected chi connectivity index (χ1v) is 1.55. The fourth-order valence-electron chi connectivity index (χ4n) is 0. The molecule has 0 rings (SSSR count). The van der Waals surface area contributed by atoms with Crippen LogP contribution in [0.4, 0.5) is 0 Å². The van der Waals surface area contributed by atoms with E-state index in [2.05, 4.69) is 5.73 Å². The summed E-state index contributed by atoms with van der Waals surface area (Å²) < 4.78 is 0. The van der Waals surface area contributed by atoms with Gasteiger partial charge >= 0.3 is 51.4 Å². The molecule has 0 aromatic carbocycles. The van der Waals surface area contributed by atoms with Crippen molar-refractivity contribution in [2.24, 2.45) is 5.73 Å². The SMILES string of the molecule is CCC(N)=O.[K+]. The summed E-state index contributed by atoms with van der Waals surface area (Å²) >= 11 is 0. The van der Waals surface area contributed by atoms with Gasteiger partial charge in [-0.15, -0.1) is 0 Å². The molecule has 0 fully saturated rings. The monoisotopic (exact) mass is 112 g/mol. The van der Waals surface area contributed by atoms with E-state index in [1.165, 1.54) is 0 Å². The standard InChI is InChI=1S/C3H7NO.K/c1-2-3(4)5;/h2H2,1H3,(H2,4,5);/q;+1. The van der Waals surface area contributed by atoms with Crippen LogP contribution in [-0.2, 0) is 4.79 Å². The van der Waals surface area contributed by atoms with E-state index >= 15 is 0 Å². The second-order valence-corrected chi connectivity index (χ2v) is 0.820. The molecule has 0 heterocycles. The molecule has 0 aromatic heterocycles. The Balaban J connectivity index is 0. The van der Waals surface area contributed by atoms with E-state index in [0.29, 0.717) is 6.42 Å². The van der Waals surface area contributed by atoms with Crippen LogP contribution in [0.2, 0.25) is 0 Å². The summed E-state index contributed by atoms with van der Waals surface area (Å²) in [7, 11) is 0. The normalized spacial score (nSPS) is 6.17. The average molecular weight is 112 g/mol. The molecular weight excluding hydrogens is 105 g/mol. The Bertz CT molecular complexity index is 46.1. The number of carbonyl (C=O) groups is 1. The molecule has 0 unspecified atom stereocenters. The van der Waals surface area contributed by atoms with Gasteiger partial charge in [-0.2, -0.15) is 0 Å². The van der Waals surface area contributed by atoms with Crippen molar-refractivity contribution in [3.63, 3.8) is 0 Å². The smallest absolute Gasteiger partial charge is 0.370 e. The van der Waals surface area contributed by atoms with Gasteiger partial charge in [0.1, 0.15) is 0 Å². The van der Waals surface area contributed by atoms with Gasteiger partial charge in [0.2, 0.25) is 5.91 Å². The van der Waals surface area contributed by atoms with Gasteiger partial charge < -0.3 is 5.73 Å². The molecule has 0 aliphatic heterocycles. The van der Waals surface area contributed by atoms with E-state index in [9.17, 15) is 4.79 Å². The minimum Gasteiger partial charge on any atom is -0.370 e. The van der Waals surface area contributed by atoms with Gasteiger partial charge in [-0.25, -0.2) is 0 Å². The summed E-state index contributed by atoms with van der Waals surface area (Å²) in [5.74, 6) is -0.245. The molecule has 0 aromatic rings. The van der Waals surface area contributed by atoms with Gasteiger partial charge in [0.25, 0.3) is 0 Å². The molecule has 1 amide bonds. The summed E-state index contributed by atoms with van der Waals surface area (Å²) in [5.41, 5.74) is 4.65. The molecular formula is C3H7KNO+. The fourth-order valence-corrected chi connectivity index (χ4v) is 0. The van der Waals surface area contributed by atoms with Gasteiger partial charge in [0.15, 0.2) is 0 Å². The maximum Gasteiger partial charge on any atom is 1.00 e. The number of hydrogen-bond donors (Lipinski definition) is 1. The van der Waals surface area contributed by atoms with E-state index in [-0.39, 0.29) is 57.3 Å². The molecule has 0 aliphatic rings. The molecule has 2 nitrogen and oxygen atoms in total. The van der Waals surface area contributed by atoms with Crippen LogP contribution >= 0.6 is 0 Å². The van der Waals surface area contributed by atoms with E-state index in [0.717, 1.165) is 0 Å². The number of primary amides is 1. The number of nitrogens with two attached hydrogens (primary N) is 1. The Morgan fingerprint density at radius 3 is 2.00 bits per heavy atom. The molecule has 0 bridgehead atoms. The van der Waals surface area contributed by atoms with Crippen molar-refractivity contribution in [2.75, 3.05) is 0 Å². The predicted octanol–water partition coefficient (Wildman–Crippen LogP) is -3.11. The first-order valence-electron chi connectivity index (χ1n) is 1.55.